The average Bonchev–Trinajstić information content (AvgIpc) is 2.90. The van der Waals surface area contributed by atoms with Gasteiger partial charge in [-0.25, -0.2) is 4.79 Å². The highest BCUT2D eigenvalue weighted by Crippen LogP contribution is 2.22. The number of nitrogens with zero attached hydrogens (tertiary/aromatic N) is 2. The molecule has 1 heterocycles. The van der Waals surface area contributed by atoms with Gasteiger partial charge in [-0.1, -0.05) is 6.42 Å². The summed E-state index contributed by atoms with van der Waals surface area (Å²) in [5, 5.41) is 10.8. The zero-order valence-corrected chi connectivity index (χ0v) is 13.8. The monoisotopic (exact) mass is 348 g/mol. The minimum Gasteiger partial charge on any atom is -0.462 e. The summed E-state index contributed by atoms with van der Waals surface area (Å²) >= 11 is 0. The standard InChI is InChI=1S/C17H20N2O6/c20-16(24-13-5-2-1-3-6-13)7-4-10-18-14-9-8-12(19(22)23)11-15(14)25-17(18)21/h8-9,11,13H,1-7,10H2. The number of nitro benzene ring substituents is 1. The van der Waals surface area contributed by atoms with Crippen LogP contribution in [0.15, 0.2) is 27.4 Å². The topological polar surface area (TPSA) is 105 Å². The van der Waals surface area contributed by atoms with Crippen LogP contribution in [0.2, 0.25) is 0 Å². The third kappa shape index (κ3) is 4.07. The number of nitro groups is 1. The van der Waals surface area contributed by atoms with Crippen LogP contribution in [-0.2, 0) is 16.1 Å². The molecule has 2 aromatic rings. The van der Waals surface area contributed by atoms with E-state index in [9.17, 15) is 19.7 Å². The molecular formula is C17H20N2O6. The van der Waals surface area contributed by atoms with E-state index < -0.39 is 10.7 Å². The largest absolute Gasteiger partial charge is 0.462 e. The number of hydrogen-bond donors (Lipinski definition) is 0. The van der Waals surface area contributed by atoms with Crippen molar-refractivity contribution < 1.29 is 18.9 Å². The van der Waals surface area contributed by atoms with E-state index >= 15 is 0 Å². The Labute approximate surface area is 143 Å². The fourth-order valence-electron chi connectivity index (χ4n) is 3.19. The van der Waals surface area contributed by atoms with Crippen LogP contribution in [0.5, 0.6) is 0 Å². The fourth-order valence-corrected chi connectivity index (χ4v) is 3.19. The minimum atomic E-state index is -0.587. The second-order valence-electron chi connectivity index (χ2n) is 6.28. The molecule has 134 valence electrons. The molecule has 0 aliphatic heterocycles. The summed E-state index contributed by atoms with van der Waals surface area (Å²) in [6, 6.07) is 4.04. The SMILES string of the molecule is O=C(CCCn1c(=O)oc2cc([N+](=O)[O-])ccc21)OC1CCCCC1. The van der Waals surface area contributed by atoms with Crippen molar-refractivity contribution in [3.8, 4) is 0 Å². The van der Waals surface area contributed by atoms with Crippen LogP contribution in [0.1, 0.15) is 44.9 Å². The minimum absolute atomic E-state index is 0.0271. The lowest BCUT2D eigenvalue weighted by atomic mass is 9.98. The molecule has 1 fully saturated rings. The van der Waals surface area contributed by atoms with Gasteiger partial charge in [0.2, 0.25) is 0 Å². The van der Waals surface area contributed by atoms with E-state index in [4.69, 9.17) is 9.15 Å². The predicted octanol–water partition coefficient (Wildman–Crippen LogP) is 3.16. The van der Waals surface area contributed by atoms with Crippen molar-refractivity contribution in [1.29, 1.82) is 0 Å². The summed E-state index contributed by atoms with van der Waals surface area (Å²) in [6.07, 6.45) is 5.94. The molecule has 0 unspecified atom stereocenters. The van der Waals surface area contributed by atoms with Crippen LogP contribution in [-0.4, -0.2) is 21.6 Å². The Morgan fingerprint density at radius 3 is 2.80 bits per heavy atom. The van der Waals surface area contributed by atoms with Crippen LogP contribution in [0.25, 0.3) is 11.1 Å². The van der Waals surface area contributed by atoms with Gasteiger partial charge in [0.1, 0.15) is 6.10 Å². The number of carbonyl (C=O) groups excluding carboxylic acids is 1. The molecule has 1 aliphatic rings. The molecule has 0 radical (unpaired) electrons. The first-order valence-electron chi connectivity index (χ1n) is 8.52. The van der Waals surface area contributed by atoms with Crippen LogP contribution in [0.3, 0.4) is 0 Å². The molecule has 0 bridgehead atoms. The van der Waals surface area contributed by atoms with Crippen molar-refractivity contribution in [2.45, 2.75) is 57.6 Å². The highest BCUT2D eigenvalue weighted by atomic mass is 16.6. The second-order valence-corrected chi connectivity index (χ2v) is 6.28. The van der Waals surface area contributed by atoms with Crippen LogP contribution >= 0.6 is 0 Å². The van der Waals surface area contributed by atoms with Gasteiger partial charge in [0.15, 0.2) is 5.58 Å². The highest BCUT2D eigenvalue weighted by Gasteiger charge is 2.18. The van der Waals surface area contributed by atoms with Crippen LogP contribution in [0.4, 0.5) is 5.69 Å². The Balaban J connectivity index is 1.59. The number of esters is 1. The van der Waals surface area contributed by atoms with E-state index in [1.807, 2.05) is 0 Å². The van der Waals surface area contributed by atoms with E-state index in [1.165, 1.54) is 29.2 Å². The van der Waals surface area contributed by atoms with E-state index in [1.54, 1.807) is 0 Å². The molecule has 8 heteroatoms. The second kappa shape index (κ2) is 7.50. The molecule has 0 spiro atoms. The van der Waals surface area contributed by atoms with E-state index in [2.05, 4.69) is 0 Å². The van der Waals surface area contributed by atoms with Gasteiger partial charge in [0.05, 0.1) is 16.5 Å². The van der Waals surface area contributed by atoms with Gasteiger partial charge in [0, 0.05) is 19.0 Å². The maximum Gasteiger partial charge on any atom is 0.419 e. The molecule has 0 amide bonds. The molecule has 1 aromatic heterocycles. The summed E-state index contributed by atoms with van der Waals surface area (Å²) in [5.41, 5.74) is 0.518. The number of aromatic nitrogens is 1. The summed E-state index contributed by atoms with van der Waals surface area (Å²) in [4.78, 5) is 34.1. The first-order chi connectivity index (χ1) is 12.0. The first-order valence-corrected chi connectivity index (χ1v) is 8.52. The third-order valence-corrected chi connectivity index (χ3v) is 4.48. The Bertz CT molecular complexity index is 831. The van der Waals surface area contributed by atoms with Gasteiger partial charge < -0.3 is 9.15 Å². The summed E-state index contributed by atoms with van der Waals surface area (Å²) < 4.78 is 11.9. The van der Waals surface area contributed by atoms with E-state index in [-0.39, 0.29) is 29.8 Å². The average molecular weight is 348 g/mol. The summed E-state index contributed by atoms with van der Waals surface area (Å²) in [5.74, 6) is -0.834. The maximum absolute atomic E-state index is 11.9. The fraction of sp³-hybridized carbons (Fsp3) is 0.529. The summed E-state index contributed by atoms with van der Waals surface area (Å²) in [7, 11) is 0. The number of hydrogen-bond acceptors (Lipinski definition) is 6. The third-order valence-electron chi connectivity index (χ3n) is 4.48. The van der Waals surface area contributed by atoms with E-state index in [0.717, 1.165) is 25.7 Å². The van der Waals surface area contributed by atoms with Gasteiger partial charge in [-0.2, -0.15) is 0 Å². The van der Waals surface area contributed by atoms with Gasteiger partial charge >= 0.3 is 11.7 Å². The highest BCUT2D eigenvalue weighted by molar-refractivity contribution is 5.75. The molecule has 1 aliphatic carbocycles. The Morgan fingerprint density at radius 2 is 2.08 bits per heavy atom. The predicted molar refractivity (Wildman–Crippen MR) is 89.3 cm³/mol. The molecule has 0 saturated heterocycles. The quantitative estimate of drug-likeness (QED) is 0.451. The Kier molecular flexibility index (Phi) is 5.16. The van der Waals surface area contributed by atoms with Crippen molar-refractivity contribution in [2.75, 3.05) is 0 Å². The van der Waals surface area contributed by atoms with Crippen molar-refractivity contribution in [1.82, 2.24) is 4.57 Å². The number of oxazole rings is 1. The zero-order chi connectivity index (χ0) is 17.8. The van der Waals surface area contributed by atoms with Crippen LogP contribution < -0.4 is 5.76 Å². The number of ether oxygens (including phenoxy) is 1. The molecule has 3 rings (SSSR count). The smallest absolute Gasteiger partial charge is 0.419 e. The van der Waals surface area contributed by atoms with Crippen molar-refractivity contribution in [2.24, 2.45) is 0 Å². The molecule has 0 atom stereocenters. The van der Waals surface area contributed by atoms with E-state index in [0.29, 0.717) is 18.5 Å². The first kappa shape index (κ1) is 17.2. The van der Waals surface area contributed by atoms with Crippen LogP contribution in [0, 0.1) is 10.1 Å². The molecule has 8 nitrogen and oxygen atoms in total. The number of benzene rings is 1. The lowest BCUT2D eigenvalue weighted by molar-refractivity contribution is -0.384. The number of carbonyl (C=O) groups is 1. The molecule has 1 aromatic carbocycles. The van der Waals surface area contributed by atoms with Crippen molar-refractivity contribution in [3.63, 3.8) is 0 Å². The van der Waals surface area contributed by atoms with Gasteiger partial charge in [-0.05, 0) is 38.2 Å². The van der Waals surface area contributed by atoms with Crippen molar-refractivity contribution in [3.05, 3.63) is 38.9 Å². The molecule has 25 heavy (non-hydrogen) atoms. The number of aryl methyl sites for hydroxylation is 1. The van der Waals surface area contributed by atoms with Gasteiger partial charge in [-0.15, -0.1) is 0 Å². The van der Waals surface area contributed by atoms with Gasteiger partial charge in [-0.3, -0.25) is 19.5 Å². The lowest BCUT2D eigenvalue weighted by Gasteiger charge is -2.21. The number of rotatable bonds is 6. The normalized spacial score (nSPS) is 15.4. The molecule has 1 saturated carbocycles. The Morgan fingerprint density at radius 1 is 1.32 bits per heavy atom. The molecule has 0 N–H and O–H groups in total. The zero-order valence-electron chi connectivity index (χ0n) is 13.8. The number of non-ortho nitro benzene ring substituents is 1. The molecular weight excluding hydrogens is 328 g/mol. The number of fused-ring (bicyclic) bond motifs is 1. The van der Waals surface area contributed by atoms with Gasteiger partial charge in [0.25, 0.3) is 5.69 Å². The lowest BCUT2D eigenvalue weighted by Crippen LogP contribution is -2.21. The van der Waals surface area contributed by atoms with Crippen molar-refractivity contribution >= 4 is 22.8 Å². The maximum atomic E-state index is 11.9. The Hall–Kier alpha value is -2.64. The summed E-state index contributed by atoms with van der Waals surface area (Å²) in [6.45, 7) is 0.295.